The quantitative estimate of drug-likeness (QED) is 0.741. The van der Waals surface area contributed by atoms with Gasteiger partial charge in [0.15, 0.2) is 0 Å². The molecule has 0 aromatic heterocycles. The predicted molar refractivity (Wildman–Crippen MR) is 114 cm³/mol. The molecule has 2 aliphatic rings. The van der Waals surface area contributed by atoms with Crippen LogP contribution in [0, 0.1) is 0 Å². The zero-order valence-corrected chi connectivity index (χ0v) is 17.2. The van der Waals surface area contributed by atoms with E-state index >= 15 is 0 Å². The van der Waals surface area contributed by atoms with Crippen molar-refractivity contribution < 1.29 is 9.59 Å². The Morgan fingerprint density at radius 3 is 2.50 bits per heavy atom. The van der Waals surface area contributed by atoms with Crippen molar-refractivity contribution in [1.29, 1.82) is 0 Å². The maximum Gasteiger partial charge on any atom is 0.254 e. The highest BCUT2D eigenvalue weighted by Gasteiger charge is 2.31. The monoisotopic (exact) mass is 414 g/mol. The first-order valence-corrected chi connectivity index (χ1v) is 11.1. The molecule has 2 amide bonds. The van der Waals surface area contributed by atoms with Crippen molar-refractivity contribution in [2.24, 2.45) is 0 Å². The molecular weight excluding hydrogens is 392 g/mol. The molecular formula is C22H23ClN2O2S. The molecule has 2 aromatic carbocycles. The number of fused-ring (bicyclic) bond motifs is 1. The van der Waals surface area contributed by atoms with Gasteiger partial charge in [-0.05, 0) is 29.3 Å². The number of amides is 2. The number of carbonyl (C=O) groups excluding carboxylic acids is 2. The summed E-state index contributed by atoms with van der Waals surface area (Å²) in [5.74, 6) is 2.17. The van der Waals surface area contributed by atoms with Crippen LogP contribution in [0.5, 0.6) is 0 Å². The Labute approximate surface area is 174 Å². The van der Waals surface area contributed by atoms with Gasteiger partial charge in [0.25, 0.3) is 5.91 Å². The minimum Gasteiger partial charge on any atom is -0.341 e. The summed E-state index contributed by atoms with van der Waals surface area (Å²) in [5.41, 5.74) is 2.88. The van der Waals surface area contributed by atoms with Gasteiger partial charge in [0.1, 0.15) is 0 Å². The van der Waals surface area contributed by atoms with Crippen LogP contribution in [0.2, 0.25) is 5.02 Å². The Bertz CT molecular complexity index is 865. The highest BCUT2D eigenvalue weighted by atomic mass is 35.5. The Kier molecular flexibility index (Phi) is 5.93. The van der Waals surface area contributed by atoms with Gasteiger partial charge >= 0.3 is 0 Å². The van der Waals surface area contributed by atoms with Gasteiger partial charge < -0.3 is 9.80 Å². The number of hydrogen-bond acceptors (Lipinski definition) is 3. The molecule has 1 atom stereocenters. The molecule has 0 bridgehead atoms. The van der Waals surface area contributed by atoms with Crippen LogP contribution >= 0.6 is 23.4 Å². The van der Waals surface area contributed by atoms with Crippen LogP contribution in [0.1, 0.15) is 33.8 Å². The van der Waals surface area contributed by atoms with E-state index in [0.717, 1.165) is 41.3 Å². The Hall–Kier alpha value is -1.98. The molecule has 0 radical (unpaired) electrons. The van der Waals surface area contributed by atoms with Gasteiger partial charge in [-0.2, -0.15) is 11.8 Å². The normalized spacial score (nSPS) is 17.5. The maximum absolute atomic E-state index is 12.9. The lowest BCUT2D eigenvalue weighted by Gasteiger charge is -2.30. The average molecular weight is 415 g/mol. The van der Waals surface area contributed by atoms with Crippen LogP contribution in [0.3, 0.4) is 0 Å². The van der Waals surface area contributed by atoms with Crippen molar-refractivity contribution >= 4 is 35.2 Å². The lowest BCUT2D eigenvalue weighted by molar-refractivity contribution is -0.131. The van der Waals surface area contributed by atoms with Crippen molar-refractivity contribution in [2.75, 3.05) is 31.1 Å². The van der Waals surface area contributed by atoms with Crippen LogP contribution in [0.25, 0.3) is 0 Å². The molecule has 6 heteroatoms. The molecule has 0 spiro atoms. The van der Waals surface area contributed by atoms with Crippen LogP contribution in [-0.4, -0.2) is 52.8 Å². The summed E-state index contributed by atoms with van der Waals surface area (Å²) in [6.07, 6.45) is 0.409. The molecule has 28 heavy (non-hydrogen) atoms. The minimum atomic E-state index is -0.0439. The van der Waals surface area contributed by atoms with E-state index in [2.05, 4.69) is 0 Å². The molecule has 0 N–H and O–H groups in total. The molecule has 0 saturated carbocycles. The molecule has 2 heterocycles. The van der Waals surface area contributed by atoms with Gasteiger partial charge in [0.2, 0.25) is 5.91 Å². The van der Waals surface area contributed by atoms with E-state index < -0.39 is 0 Å². The fourth-order valence-electron chi connectivity index (χ4n) is 3.90. The summed E-state index contributed by atoms with van der Waals surface area (Å²) in [6.45, 7) is 2.76. The number of nitrogens with zero attached hydrogens (tertiary/aromatic N) is 2. The summed E-state index contributed by atoms with van der Waals surface area (Å²) in [5, 5.41) is 0.673. The van der Waals surface area contributed by atoms with Crippen LogP contribution in [0.4, 0.5) is 0 Å². The van der Waals surface area contributed by atoms with Crippen LogP contribution in [-0.2, 0) is 11.3 Å². The second kappa shape index (κ2) is 8.58. The molecule has 0 aliphatic carbocycles. The second-order valence-corrected chi connectivity index (χ2v) is 8.95. The van der Waals surface area contributed by atoms with Gasteiger partial charge in [-0.3, -0.25) is 9.59 Å². The highest BCUT2D eigenvalue weighted by Crippen LogP contribution is 2.29. The average Bonchev–Trinajstić information content (AvgIpc) is 3.04. The van der Waals surface area contributed by atoms with Crippen molar-refractivity contribution in [3.8, 4) is 0 Å². The molecule has 2 aromatic rings. The zero-order valence-electron chi connectivity index (χ0n) is 15.6. The van der Waals surface area contributed by atoms with E-state index in [0.29, 0.717) is 24.5 Å². The van der Waals surface area contributed by atoms with E-state index in [1.165, 1.54) is 0 Å². The summed E-state index contributed by atoms with van der Waals surface area (Å²) in [7, 11) is 0. The summed E-state index contributed by atoms with van der Waals surface area (Å²) >= 11 is 7.95. The van der Waals surface area contributed by atoms with Gasteiger partial charge in [-0.25, -0.2) is 0 Å². The Morgan fingerprint density at radius 2 is 1.79 bits per heavy atom. The number of thioether (sulfide) groups is 1. The van der Waals surface area contributed by atoms with Gasteiger partial charge in [-0.1, -0.05) is 41.9 Å². The van der Waals surface area contributed by atoms with Crippen molar-refractivity contribution in [3.63, 3.8) is 0 Å². The van der Waals surface area contributed by atoms with Crippen molar-refractivity contribution in [2.45, 2.75) is 18.9 Å². The van der Waals surface area contributed by atoms with Crippen LogP contribution < -0.4 is 0 Å². The Balaban J connectivity index is 1.52. The van der Waals surface area contributed by atoms with Crippen LogP contribution in [0.15, 0.2) is 48.5 Å². The fourth-order valence-corrected chi connectivity index (χ4v) is 4.93. The molecule has 4 nitrogen and oxygen atoms in total. The first-order chi connectivity index (χ1) is 13.6. The van der Waals surface area contributed by atoms with Crippen molar-refractivity contribution in [3.05, 3.63) is 70.2 Å². The van der Waals surface area contributed by atoms with E-state index in [9.17, 15) is 9.59 Å². The molecule has 2 aliphatic heterocycles. The molecule has 1 saturated heterocycles. The molecule has 4 rings (SSSR count). The highest BCUT2D eigenvalue weighted by molar-refractivity contribution is 7.99. The number of hydrogen-bond donors (Lipinski definition) is 0. The van der Waals surface area contributed by atoms with Gasteiger partial charge in [0, 0.05) is 60.6 Å². The first-order valence-electron chi connectivity index (χ1n) is 9.60. The summed E-state index contributed by atoms with van der Waals surface area (Å²) < 4.78 is 0. The lowest BCUT2D eigenvalue weighted by atomic mass is 9.94. The van der Waals surface area contributed by atoms with Gasteiger partial charge in [0.05, 0.1) is 0 Å². The lowest BCUT2D eigenvalue weighted by Crippen LogP contribution is -2.39. The number of rotatable bonds is 5. The number of benzene rings is 2. The SMILES string of the molecule is O=C(CC(CN1Cc2ccccc2C1=O)c1ccc(Cl)cc1)N1CCSCC1. The van der Waals surface area contributed by atoms with E-state index in [-0.39, 0.29) is 17.7 Å². The third kappa shape index (κ3) is 4.20. The molecule has 1 fully saturated rings. The fraction of sp³-hybridized carbons (Fsp3) is 0.364. The van der Waals surface area contributed by atoms with E-state index in [1.54, 1.807) is 0 Å². The number of carbonyl (C=O) groups is 2. The third-order valence-corrected chi connectivity index (χ3v) is 6.66. The summed E-state index contributed by atoms with van der Waals surface area (Å²) in [4.78, 5) is 29.5. The largest absolute Gasteiger partial charge is 0.341 e. The maximum atomic E-state index is 12.9. The van der Waals surface area contributed by atoms with Crippen molar-refractivity contribution in [1.82, 2.24) is 9.80 Å². The minimum absolute atomic E-state index is 0.0439. The van der Waals surface area contributed by atoms with E-state index in [4.69, 9.17) is 11.6 Å². The van der Waals surface area contributed by atoms with Gasteiger partial charge in [-0.15, -0.1) is 0 Å². The molecule has 1 unspecified atom stereocenters. The second-order valence-electron chi connectivity index (χ2n) is 7.29. The zero-order chi connectivity index (χ0) is 19.5. The predicted octanol–water partition coefficient (Wildman–Crippen LogP) is 4.05. The summed E-state index contributed by atoms with van der Waals surface area (Å²) in [6, 6.07) is 15.4. The third-order valence-electron chi connectivity index (χ3n) is 5.46. The standard InChI is InChI=1S/C22H23ClN2O2S/c23-19-7-5-16(6-8-19)18(13-21(26)24-9-11-28-12-10-24)15-25-14-17-3-1-2-4-20(17)22(25)27/h1-8,18H,9-15H2. The first kappa shape index (κ1) is 19.3. The number of halogens is 1. The smallest absolute Gasteiger partial charge is 0.254 e. The topological polar surface area (TPSA) is 40.6 Å². The molecule has 146 valence electrons. The van der Waals surface area contributed by atoms with E-state index in [1.807, 2.05) is 70.1 Å². The Morgan fingerprint density at radius 1 is 1.07 bits per heavy atom.